The molecule has 0 amide bonds. The molecule has 1 saturated heterocycles. The highest BCUT2D eigenvalue weighted by molar-refractivity contribution is 7.88. The number of hydrogen-bond donors (Lipinski definition) is 1. The summed E-state index contributed by atoms with van der Waals surface area (Å²) in [6.45, 7) is 3.13. The molecule has 1 N–H and O–H groups in total. The second kappa shape index (κ2) is 7.15. The maximum Gasteiger partial charge on any atom is 0.211 e. The lowest BCUT2D eigenvalue weighted by molar-refractivity contribution is 0.262. The van der Waals surface area contributed by atoms with Crippen LogP contribution in [0.3, 0.4) is 0 Å². The van der Waals surface area contributed by atoms with Crippen LogP contribution in [0.1, 0.15) is 18.4 Å². The molecule has 0 bridgehead atoms. The van der Waals surface area contributed by atoms with Crippen LogP contribution in [0.4, 0.5) is 0 Å². The zero-order chi connectivity index (χ0) is 14.4. The average Bonchev–Trinajstić information content (AvgIpc) is 2.44. The summed E-state index contributed by atoms with van der Waals surface area (Å²) in [6, 6.07) is 4.04. The fourth-order valence-corrected chi connectivity index (χ4v) is 3.53. The Morgan fingerprint density at radius 1 is 1.40 bits per heavy atom. The minimum atomic E-state index is -3.03. The number of nitrogens with zero attached hydrogens (tertiary/aromatic N) is 2. The van der Waals surface area contributed by atoms with Crippen LogP contribution in [0.15, 0.2) is 24.5 Å². The molecular weight excluding hydrogens is 274 g/mol. The van der Waals surface area contributed by atoms with Gasteiger partial charge < -0.3 is 5.32 Å². The largest absolute Gasteiger partial charge is 0.316 e. The van der Waals surface area contributed by atoms with Gasteiger partial charge in [-0.2, -0.15) is 0 Å². The van der Waals surface area contributed by atoms with Gasteiger partial charge in [-0.25, -0.2) is 12.7 Å². The van der Waals surface area contributed by atoms with Crippen LogP contribution in [0.5, 0.6) is 0 Å². The molecule has 1 fully saturated rings. The van der Waals surface area contributed by atoms with Crippen LogP contribution < -0.4 is 5.32 Å². The van der Waals surface area contributed by atoms with Crippen LogP contribution >= 0.6 is 0 Å². The van der Waals surface area contributed by atoms with Crippen molar-refractivity contribution < 1.29 is 8.42 Å². The first-order valence-electron chi connectivity index (χ1n) is 7.10. The maximum atomic E-state index is 11.5. The highest BCUT2D eigenvalue weighted by Gasteiger charge is 2.25. The molecule has 1 atom stereocenters. The fraction of sp³-hybridized carbons (Fsp3) is 0.643. The standard InChI is InChI=1S/C14H23N3O2S/c1-20(18,19)17-10-2-3-14(12-17)11-16-9-6-13-4-7-15-8-5-13/h4-5,7-8,14,16H,2-3,6,9-12H2,1H3. The number of piperidine rings is 1. The molecule has 0 aromatic carbocycles. The van der Waals surface area contributed by atoms with E-state index < -0.39 is 10.0 Å². The summed E-state index contributed by atoms with van der Waals surface area (Å²) in [5.41, 5.74) is 1.27. The van der Waals surface area contributed by atoms with Crippen molar-refractivity contribution >= 4 is 10.0 Å². The summed E-state index contributed by atoms with van der Waals surface area (Å²) >= 11 is 0. The first-order valence-corrected chi connectivity index (χ1v) is 8.95. The van der Waals surface area contributed by atoms with Crippen molar-refractivity contribution in [2.45, 2.75) is 19.3 Å². The topological polar surface area (TPSA) is 62.3 Å². The lowest BCUT2D eigenvalue weighted by Crippen LogP contribution is -2.42. The normalized spacial score (nSPS) is 20.9. The second-order valence-electron chi connectivity index (χ2n) is 5.44. The summed E-state index contributed by atoms with van der Waals surface area (Å²) in [6.07, 6.45) is 7.95. The SMILES string of the molecule is CS(=O)(=O)N1CCCC(CNCCc2ccncc2)C1. The number of nitrogens with one attached hydrogen (secondary N) is 1. The Kier molecular flexibility index (Phi) is 5.51. The summed E-state index contributed by atoms with van der Waals surface area (Å²) in [5, 5.41) is 3.43. The van der Waals surface area contributed by atoms with E-state index in [1.54, 1.807) is 16.7 Å². The molecule has 0 spiro atoms. The molecule has 1 aliphatic rings. The molecule has 1 aromatic heterocycles. The summed E-state index contributed by atoms with van der Waals surface area (Å²) < 4.78 is 24.7. The highest BCUT2D eigenvalue weighted by Crippen LogP contribution is 2.17. The molecule has 2 rings (SSSR count). The lowest BCUT2D eigenvalue weighted by Gasteiger charge is -2.31. The monoisotopic (exact) mass is 297 g/mol. The molecule has 1 aromatic rings. The minimum Gasteiger partial charge on any atom is -0.316 e. The highest BCUT2D eigenvalue weighted by atomic mass is 32.2. The predicted octanol–water partition coefficient (Wildman–Crippen LogP) is 0.885. The van der Waals surface area contributed by atoms with E-state index in [0.29, 0.717) is 19.0 Å². The molecule has 1 unspecified atom stereocenters. The zero-order valence-electron chi connectivity index (χ0n) is 12.0. The Morgan fingerprint density at radius 2 is 2.15 bits per heavy atom. The van der Waals surface area contributed by atoms with Gasteiger partial charge in [0.25, 0.3) is 0 Å². The number of pyridine rings is 1. The zero-order valence-corrected chi connectivity index (χ0v) is 12.8. The van der Waals surface area contributed by atoms with E-state index in [2.05, 4.69) is 10.3 Å². The Hall–Kier alpha value is -0.980. The van der Waals surface area contributed by atoms with E-state index in [1.807, 2.05) is 12.1 Å². The predicted molar refractivity (Wildman–Crippen MR) is 80.0 cm³/mol. The summed E-state index contributed by atoms with van der Waals surface area (Å²) in [7, 11) is -3.03. The van der Waals surface area contributed by atoms with Crippen molar-refractivity contribution in [3.05, 3.63) is 30.1 Å². The molecular formula is C14H23N3O2S. The van der Waals surface area contributed by atoms with Crippen LogP contribution in [0, 0.1) is 5.92 Å². The molecule has 2 heterocycles. The molecule has 5 nitrogen and oxygen atoms in total. The molecule has 6 heteroatoms. The first-order chi connectivity index (χ1) is 9.55. The smallest absolute Gasteiger partial charge is 0.211 e. The molecule has 0 radical (unpaired) electrons. The number of hydrogen-bond acceptors (Lipinski definition) is 4. The average molecular weight is 297 g/mol. The Labute approximate surface area is 121 Å². The van der Waals surface area contributed by atoms with Crippen molar-refractivity contribution in [1.29, 1.82) is 0 Å². The van der Waals surface area contributed by atoms with Gasteiger partial charge in [0.15, 0.2) is 0 Å². The van der Waals surface area contributed by atoms with Crippen LogP contribution in [-0.4, -0.2) is 50.1 Å². The van der Waals surface area contributed by atoms with Crippen LogP contribution in [0.25, 0.3) is 0 Å². The van der Waals surface area contributed by atoms with Gasteiger partial charge in [0.1, 0.15) is 0 Å². The molecule has 0 aliphatic carbocycles. The van der Waals surface area contributed by atoms with E-state index in [9.17, 15) is 8.42 Å². The maximum absolute atomic E-state index is 11.5. The molecule has 20 heavy (non-hydrogen) atoms. The summed E-state index contributed by atoms with van der Waals surface area (Å²) in [5.74, 6) is 0.427. The molecule has 0 saturated carbocycles. The van der Waals surface area contributed by atoms with Gasteiger partial charge in [-0.1, -0.05) is 0 Å². The second-order valence-corrected chi connectivity index (χ2v) is 7.42. The Balaban J connectivity index is 1.69. The summed E-state index contributed by atoms with van der Waals surface area (Å²) in [4.78, 5) is 4.00. The first kappa shape index (κ1) is 15.4. The van der Waals surface area contributed by atoms with E-state index in [1.165, 1.54) is 11.8 Å². The van der Waals surface area contributed by atoms with Gasteiger partial charge in [0.05, 0.1) is 6.26 Å². The van der Waals surface area contributed by atoms with Gasteiger partial charge in [-0.3, -0.25) is 4.98 Å². The van der Waals surface area contributed by atoms with Crippen molar-refractivity contribution in [3.63, 3.8) is 0 Å². The van der Waals surface area contributed by atoms with Gasteiger partial charge in [0.2, 0.25) is 10.0 Å². The number of rotatable bonds is 6. The fourth-order valence-electron chi connectivity index (χ4n) is 2.58. The van der Waals surface area contributed by atoms with Gasteiger partial charge in [-0.05, 0) is 56.0 Å². The van der Waals surface area contributed by atoms with Crippen molar-refractivity contribution in [2.75, 3.05) is 32.4 Å². The quantitative estimate of drug-likeness (QED) is 0.792. The molecule has 1 aliphatic heterocycles. The number of aromatic nitrogens is 1. The third kappa shape index (κ3) is 4.85. The third-order valence-electron chi connectivity index (χ3n) is 3.72. The molecule has 112 valence electrons. The van der Waals surface area contributed by atoms with Crippen molar-refractivity contribution in [1.82, 2.24) is 14.6 Å². The lowest BCUT2D eigenvalue weighted by atomic mass is 10.00. The number of sulfonamides is 1. The van der Waals surface area contributed by atoms with Gasteiger partial charge in [-0.15, -0.1) is 0 Å². The third-order valence-corrected chi connectivity index (χ3v) is 4.99. The van der Waals surface area contributed by atoms with E-state index in [4.69, 9.17) is 0 Å². The van der Waals surface area contributed by atoms with Crippen LogP contribution in [0.2, 0.25) is 0 Å². The van der Waals surface area contributed by atoms with Crippen molar-refractivity contribution in [3.8, 4) is 0 Å². The van der Waals surface area contributed by atoms with E-state index in [-0.39, 0.29) is 0 Å². The van der Waals surface area contributed by atoms with Crippen molar-refractivity contribution in [2.24, 2.45) is 5.92 Å². The van der Waals surface area contributed by atoms with Gasteiger partial charge >= 0.3 is 0 Å². The van der Waals surface area contributed by atoms with E-state index in [0.717, 1.165) is 32.4 Å². The van der Waals surface area contributed by atoms with E-state index >= 15 is 0 Å². The van der Waals surface area contributed by atoms with Gasteiger partial charge in [0, 0.05) is 25.5 Å². The Morgan fingerprint density at radius 3 is 2.85 bits per heavy atom. The van der Waals surface area contributed by atoms with Crippen LogP contribution in [-0.2, 0) is 16.4 Å². The Bertz CT molecular complexity index is 504. The minimum absolute atomic E-state index is 0.427.